The van der Waals surface area contributed by atoms with Crippen LogP contribution in [0.5, 0.6) is 5.75 Å². The molecule has 1 fully saturated rings. The third kappa shape index (κ3) is 3.38. The molecule has 7 nitrogen and oxygen atoms in total. The summed E-state index contributed by atoms with van der Waals surface area (Å²) in [6.45, 7) is 8.08. The van der Waals surface area contributed by atoms with Crippen LogP contribution in [0.3, 0.4) is 0 Å². The SMILES string of the molecule is CCOc1ccc2[nH]c3c(NCCN4CCOCC4)ncnc3c2c1. The number of aromatic nitrogens is 3. The highest BCUT2D eigenvalue weighted by Gasteiger charge is 2.13. The molecule has 0 aliphatic carbocycles. The lowest BCUT2D eigenvalue weighted by atomic mass is 10.2. The number of aromatic amines is 1. The molecule has 1 aromatic carbocycles. The van der Waals surface area contributed by atoms with Gasteiger partial charge in [0.05, 0.1) is 19.8 Å². The second kappa shape index (κ2) is 7.25. The molecule has 0 amide bonds. The molecule has 1 aliphatic rings. The second-order valence-corrected chi connectivity index (χ2v) is 6.09. The van der Waals surface area contributed by atoms with E-state index >= 15 is 0 Å². The van der Waals surface area contributed by atoms with Gasteiger partial charge in [-0.3, -0.25) is 4.90 Å². The lowest BCUT2D eigenvalue weighted by molar-refractivity contribution is 0.0398. The zero-order valence-electron chi connectivity index (χ0n) is 14.4. The van der Waals surface area contributed by atoms with Crippen molar-refractivity contribution in [3.8, 4) is 5.75 Å². The van der Waals surface area contributed by atoms with E-state index < -0.39 is 0 Å². The molecule has 2 N–H and O–H groups in total. The Morgan fingerprint density at radius 1 is 1.28 bits per heavy atom. The summed E-state index contributed by atoms with van der Waals surface area (Å²) in [6.07, 6.45) is 1.61. The average molecular weight is 341 g/mol. The first-order valence-electron chi connectivity index (χ1n) is 8.78. The molecule has 0 saturated carbocycles. The summed E-state index contributed by atoms with van der Waals surface area (Å²) in [5, 5.41) is 4.49. The monoisotopic (exact) mass is 341 g/mol. The van der Waals surface area contributed by atoms with Crippen molar-refractivity contribution in [1.82, 2.24) is 19.9 Å². The van der Waals surface area contributed by atoms with E-state index in [2.05, 4.69) is 25.2 Å². The summed E-state index contributed by atoms with van der Waals surface area (Å²) < 4.78 is 11.0. The minimum absolute atomic E-state index is 0.650. The first-order valence-corrected chi connectivity index (χ1v) is 8.78. The normalized spacial score (nSPS) is 15.7. The van der Waals surface area contributed by atoms with E-state index in [0.717, 1.165) is 72.9 Å². The van der Waals surface area contributed by atoms with Crippen molar-refractivity contribution >= 4 is 27.8 Å². The number of morpholine rings is 1. The van der Waals surface area contributed by atoms with Crippen LogP contribution in [0.2, 0.25) is 0 Å². The Balaban J connectivity index is 1.55. The molecule has 1 saturated heterocycles. The largest absolute Gasteiger partial charge is 0.494 e. The first kappa shape index (κ1) is 16.1. The van der Waals surface area contributed by atoms with Gasteiger partial charge in [-0.15, -0.1) is 0 Å². The van der Waals surface area contributed by atoms with E-state index in [0.29, 0.717) is 6.61 Å². The van der Waals surface area contributed by atoms with Crippen LogP contribution in [0, 0.1) is 0 Å². The van der Waals surface area contributed by atoms with Gasteiger partial charge >= 0.3 is 0 Å². The Morgan fingerprint density at radius 2 is 2.16 bits per heavy atom. The minimum Gasteiger partial charge on any atom is -0.494 e. The third-order valence-corrected chi connectivity index (χ3v) is 4.49. The topological polar surface area (TPSA) is 75.3 Å². The molecular formula is C18H23N5O2. The van der Waals surface area contributed by atoms with Gasteiger partial charge in [-0.1, -0.05) is 0 Å². The fourth-order valence-corrected chi connectivity index (χ4v) is 3.22. The number of H-pyrrole nitrogens is 1. The van der Waals surface area contributed by atoms with Gasteiger partial charge in [-0.2, -0.15) is 0 Å². The molecule has 4 rings (SSSR count). The van der Waals surface area contributed by atoms with Crippen molar-refractivity contribution in [2.45, 2.75) is 6.92 Å². The Morgan fingerprint density at radius 3 is 3.00 bits per heavy atom. The molecule has 1 aliphatic heterocycles. The summed E-state index contributed by atoms with van der Waals surface area (Å²) in [4.78, 5) is 14.7. The molecule has 0 unspecified atom stereocenters. The molecule has 0 radical (unpaired) electrons. The smallest absolute Gasteiger partial charge is 0.153 e. The van der Waals surface area contributed by atoms with Gasteiger partial charge in [0.1, 0.15) is 23.1 Å². The maximum Gasteiger partial charge on any atom is 0.153 e. The zero-order valence-corrected chi connectivity index (χ0v) is 14.4. The maximum absolute atomic E-state index is 5.61. The van der Waals surface area contributed by atoms with Gasteiger partial charge < -0.3 is 19.8 Å². The number of hydrogen-bond acceptors (Lipinski definition) is 6. The Bertz CT molecular complexity index is 857. The van der Waals surface area contributed by atoms with Crippen molar-refractivity contribution in [3.05, 3.63) is 24.5 Å². The quantitative estimate of drug-likeness (QED) is 0.716. The predicted molar refractivity (Wildman–Crippen MR) is 98.3 cm³/mol. The first-order chi connectivity index (χ1) is 12.3. The van der Waals surface area contributed by atoms with Gasteiger partial charge in [0.15, 0.2) is 5.82 Å². The molecule has 0 bridgehead atoms. The van der Waals surface area contributed by atoms with E-state index in [-0.39, 0.29) is 0 Å². The molecule has 0 atom stereocenters. The minimum atomic E-state index is 0.650. The predicted octanol–water partition coefficient (Wildman–Crippen LogP) is 2.25. The van der Waals surface area contributed by atoms with Crippen LogP contribution >= 0.6 is 0 Å². The fourth-order valence-electron chi connectivity index (χ4n) is 3.22. The van der Waals surface area contributed by atoms with Crippen LogP contribution in [0.25, 0.3) is 21.9 Å². The van der Waals surface area contributed by atoms with Gasteiger partial charge in [0.2, 0.25) is 0 Å². The number of hydrogen-bond donors (Lipinski definition) is 2. The lowest BCUT2D eigenvalue weighted by Crippen LogP contribution is -2.39. The summed E-state index contributed by atoms with van der Waals surface area (Å²) in [5.74, 6) is 1.70. The number of nitrogens with one attached hydrogen (secondary N) is 2. The Hall–Kier alpha value is -2.38. The molecular weight excluding hydrogens is 318 g/mol. The number of rotatable bonds is 6. The standard InChI is InChI=1S/C18H23N5O2/c1-2-25-13-3-4-15-14(11-13)16-17(22-15)18(21-12-20-16)19-5-6-23-7-9-24-10-8-23/h3-4,11-12,22H,2,5-10H2,1H3,(H,19,20,21). The van der Waals surface area contributed by atoms with E-state index in [9.17, 15) is 0 Å². The summed E-state index contributed by atoms with van der Waals surface area (Å²) in [5.41, 5.74) is 2.89. The molecule has 3 aromatic rings. The highest BCUT2D eigenvalue weighted by Crippen LogP contribution is 2.29. The van der Waals surface area contributed by atoms with Gasteiger partial charge in [-0.25, -0.2) is 9.97 Å². The third-order valence-electron chi connectivity index (χ3n) is 4.49. The lowest BCUT2D eigenvalue weighted by Gasteiger charge is -2.26. The van der Waals surface area contributed by atoms with Crippen LogP contribution in [0.4, 0.5) is 5.82 Å². The van der Waals surface area contributed by atoms with Crippen molar-refractivity contribution < 1.29 is 9.47 Å². The van der Waals surface area contributed by atoms with E-state index in [1.54, 1.807) is 6.33 Å². The van der Waals surface area contributed by atoms with E-state index in [1.807, 2.05) is 25.1 Å². The Labute approximate surface area is 146 Å². The number of anilines is 1. The number of ether oxygens (including phenoxy) is 2. The molecule has 3 heterocycles. The summed E-state index contributed by atoms with van der Waals surface area (Å²) in [7, 11) is 0. The highest BCUT2D eigenvalue weighted by atomic mass is 16.5. The van der Waals surface area contributed by atoms with Gasteiger partial charge in [0.25, 0.3) is 0 Å². The van der Waals surface area contributed by atoms with Gasteiger partial charge in [-0.05, 0) is 25.1 Å². The van der Waals surface area contributed by atoms with Gasteiger partial charge in [0, 0.05) is 37.1 Å². The second-order valence-electron chi connectivity index (χ2n) is 6.09. The van der Waals surface area contributed by atoms with E-state index in [1.165, 1.54) is 0 Å². The summed E-state index contributed by atoms with van der Waals surface area (Å²) >= 11 is 0. The van der Waals surface area contributed by atoms with Crippen molar-refractivity contribution in [3.63, 3.8) is 0 Å². The number of benzene rings is 1. The van der Waals surface area contributed by atoms with Crippen LogP contribution in [-0.2, 0) is 4.74 Å². The number of nitrogens with zero attached hydrogens (tertiary/aromatic N) is 3. The zero-order chi connectivity index (χ0) is 17.1. The van der Waals surface area contributed by atoms with Crippen LogP contribution in [0.1, 0.15) is 6.92 Å². The molecule has 25 heavy (non-hydrogen) atoms. The van der Waals surface area contributed by atoms with Crippen molar-refractivity contribution in [2.75, 3.05) is 51.3 Å². The maximum atomic E-state index is 5.61. The average Bonchev–Trinajstić information content (AvgIpc) is 3.02. The Kier molecular flexibility index (Phi) is 4.67. The van der Waals surface area contributed by atoms with Crippen LogP contribution in [0.15, 0.2) is 24.5 Å². The molecule has 0 spiro atoms. The molecule has 132 valence electrons. The van der Waals surface area contributed by atoms with E-state index in [4.69, 9.17) is 9.47 Å². The number of fused-ring (bicyclic) bond motifs is 3. The van der Waals surface area contributed by atoms with Crippen LogP contribution in [-0.4, -0.2) is 65.9 Å². The highest BCUT2D eigenvalue weighted by molar-refractivity contribution is 6.08. The van der Waals surface area contributed by atoms with Crippen LogP contribution < -0.4 is 10.1 Å². The van der Waals surface area contributed by atoms with Crippen molar-refractivity contribution in [1.29, 1.82) is 0 Å². The molecule has 7 heteroatoms. The molecule has 2 aromatic heterocycles. The summed E-state index contributed by atoms with van der Waals surface area (Å²) in [6, 6.07) is 6.03. The van der Waals surface area contributed by atoms with Crippen molar-refractivity contribution in [2.24, 2.45) is 0 Å². The fraction of sp³-hybridized carbons (Fsp3) is 0.444.